The second-order valence-electron chi connectivity index (χ2n) is 6.77. The minimum absolute atomic E-state index is 0.100. The molecule has 0 radical (unpaired) electrons. The lowest BCUT2D eigenvalue weighted by molar-refractivity contribution is 0.0951. The highest BCUT2D eigenvalue weighted by Gasteiger charge is 2.11. The standard InChI is InChI=1S/C22H22N2O3S/c1-15-3-7-19(8-4-15)20-9-18(14-28(26)27)10-21(11-20)22(25)24-13-17-6-5-16(2)23-12-17/h3-12,28H,13-14H2,1-2H3,(H,24,25). The van der Waals surface area contributed by atoms with E-state index in [0.29, 0.717) is 17.7 Å². The molecule has 2 aromatic carbocycles. The van der Waals surface area contributed by atoms with Crippen molar-refractivity contribution in [1.29, 1.82) is 0 Å². The van der Waals surface area contributed by atoms with Gasteiger partial charge in [0, 0.05) is 24.0 Å². The summed E-state index contributed by atoms with van der Waals surface area (Å²) in [5.74, 6) is -0.353. The molecule has 0 atom stereocenters. The fourth-order valence-electron chi connectivity index (χ4n) is 2.86. The first kappa shape index (κ1) is 19.8. The van der Waals surface area contributed by atoms with Gasteiger partial charge in [0.2, 0.25) is 0 Å². The molecule has 5 nitrogen and oxygen atoms in total. The third-order valence-electron chi connectivity index (χ3n) is 4.38. The van der Waals surface area contributed by atoms with Crippen molar-refractivity contribution in [3.8, 4) is 11.1 Å². The second kappa shape index (κ2) is 8.80. The first-order valence-corrected chi connectivity index (χ1v) is 10.3. The Labute approximate surface area is 166 Å². The number of pyridine rings is 1. The molecule has 0 aliphatic carbocycles. The topological polar surface area (TPSA) is 76.1 Å². The van der Waals surface area contributed by atoms with Crippen LogP contribution in [0.25, 0.3) is 11.1 Å². The number of carbonyl (C=O) groups is 1. The van der Waals surface area contributed by atoms with E-state index in [9.17, 15) is 13.2 Å². The van der Waals surface area contributed by atoms with Crippen LogP contribution in [0.15, 0.2) is 60.8 Å². The van der Waals surface area contributed by atoms with Crippen LogP contribution in [0.1, 0.15) is 32.7 Å². The summed E-state index contributed by atoms with van der Waals surface area (Å²) in [7, 11) is -2.58. The van der Waals surface area contributed by atoms with Crippen LogP contribution in [0, 0.1) is 13.8 Å². The van der Waals surface area contributed by atoms with Crippen LogP contribution in [0.4, 0.5) is 0 Å². The maximum atomic E-state index is 12.7. The monoisotopic (exact) mass is 394 g/mol. The number of amides is 1. The molecule has 6 heteroatoms. The number of nitrogens with one attached hydrogen (secondary N) is 1. The number of thiol groups is 1. The van der Waals surface area contributed by atoms with Crippen molar-refractivity contribution in [1.82, 2.24) is 10.3 Å². The Bertz CT molecular complexity index is 1050. The van der Waals surface area contributed by atoms with E-state index in [-0.39, 0.29) is 11.7 Å². The summed E-state index contributed by atoms with van der Waals surface area (Å²) >= 11 is 0. The summed E-state index contributed by atoms with van der Waals surface area (Å²) in [6.07, 6.45) is 1.73. The lowest BCUT2D eigenvalue weighted by Gasteiger charge is -2.10. The normalized spacial score (nSPS) is 10.8. The second-order valence-corrected chi connectivity index (χ2v) is 7.75. The molecule has 0 unspecified atom stereocenters. The number of benzene rings is 2. The van der Waals surface area contributed by atoms with Crippen molar-refractivity contribution >= 4 is 16.6 Å². The van der Waals surface area contributed by atoms with Gasteiger partial charge in [-0.05, 0) is 54.3 Å². The number of rotatable bonds is 6. The van der Waals surface area contributed by atoms with Crippen molar-refractivity contribution in [3.05, 3.63) is 88.7 Å². The van der Waals surface area contributed by atoms with Crippen LogP contribution in [0.5, 0.6) is 0 Å². The molecule has 0 fully saturated rings. The average Bonchev–Trinajstić information content (AvgIpc) is 2.67. The van der Waals surface area contributed by atoms with Crippen molar-refractivity contribution in [2.75, 3.05) is 0 Å². The molecule has 1 amide bonds. The fraction of sp³-hybridized carbons (Fsp3) is 0.182. The molecule has 3 aromatic rings. The Hall–Kier alpha value is -2.99. The van der Waals surface area contributed by atoms with Crippen molar-refractivity contribution in [2.24, 2.45) is 0 Å². The van der Waals surface area contributed by atoms with Crippen LogP contribution in [0.2, 0.25) is 0 Å². The largest absolute Gasteiger partial charge is 0.348 e. The molecule has 0 aliphatic rings. The summed E-state index contributed by atoms with van der Waals surface area (Å²) in [6, 6.07) is 16.9. The molecule has 3 rings (SSSR count). The van der Waals surface area contributed by atoms with Crippen LogP contribution >= 0.6 is 0 Å². The van der Waals surface area contributed by atoms with Gasteiger partial charge in [-0.25, -0.2) is 8.42 Å². The number of hydrogen-bond donors (Lipinski definition) is 2. The number of hydrogen-bond acceptors (Lipinski definition) is 4. The van der Waals surface area contributed by atoms with Gasteiger partial charge in [-0.2, -0.15) is 0 Å². The molecular formula is C22H22N2O3S. The molecule has 0 saturated heterocycles. The number of nitrogens with zero attached hydrogens (tertiary/aromatic N) is 1. The van der Waals surface area contributed by atoms with E-state index < -0.39 is 10.7 Å². The first-order valence-electron chi connectivity index (χ1n) is 8.93. The summed E-state index contributed by atoms with van der Waals surface area (Å²) in [5.41, 5.74) is 5.73. The lowest BCUT2D eigenvalue weighted by atomic mass is 9.99. The Morgan fingerprint density at radius 2 is 1.68 bits per heavy atom. The Morgan fingerprint density at radius 3 is 2.32 bits per heavy atom. The van der Waals surface area contributed by atoms with Gasteiger partial charge in [0.25, 0.3) is 5.91 Å². The Morgan fingerprint density at radius 1 is 0.929 bits per heavy atom. The lowest BCUT2D eigenvalue weighted by Crippen LogP contribution is -2.23. The molecule has 28 heavy (non-hydrogen) atoms. The highest BCUT2D eigenvalue weighted by Crippen LogP contribution is 2.23. The third kappa shape index (κ3) is 5.27. The third-order valence-corrected chi connectivity index (χ3v) is 5.00. The first-order chi connectivity index (χ1) is 13.4. The number of aromatic nitrogens is 1. The van der Waals surface area contributed by atoms with Gasteiger partial charge in [0.1, 0.15) is 10.7 Å². The van der Waals surface area contributed by atoms with E-state index >= 15 is 0 Å². The molecule has 0 aliphatic heterocycles. The predicted molar refractivity (Wildman–Crippen MR) is 111 cm³/mol. The minimum atomic E-state index is -2.58. The molecular weight excluding hydrogens is 372 g/mol. The smallest absolute Gasteiger partial charge is 0.251 e. The molecule has 0 bridgehead atoms. The van der Waals surface area contributed by atoms with Gasteiger partial charge >= 0.3 is 0 Å². The quantitative estimate of drug-likeness (QED) is 0.628. The molecule has 0 spiro atoms. The van der Waals surface area contributed by atoms with Gasteiger partial charge in [0.15, 0.2) is 0 Å². The molecule has 144 valence electrons. The van der Waals surface area contributed by atoms with Gasteiger partial charge in [-0.3, -0.25) is 9.78 Å². The highest BCUT2D eigenvalue weighted by molar-refractivity contribution is 7.71. The van der Waals surface area contributed by atoms with Gasteiger partial charge in [0.05, 0.1) is 5.75 Å². The summed E-state index contributed by atoms with van der Waals surface area (Å²) in [4.78, 5) is 16.9. The van der Waals surface area contributed by atoms with Gasteiger partial charge in [-0.1, -0.05) is 42.0 Å². The van der Waals surface area contributed by atoms with E-state index in [4.69, 9.17) is 0 Å². The van der Waals surface area contributed by atoms with Crippen LogP contribution < -0.4 is 5.32 Å². The zero-order valence-corrected chi connectivity index (χ0v) is 16.7. The van der Waals surface area contributed by atoms with Crippen LogP contribution in [-0.4, -0.2) is 19.3 Å². The number of aryl methyl sites for hydroxylation is 2. The minimum Gasteiger partial charge on any atom is -0.348 e. The molecule has 0 saturated carbocycles. The maximum absolute atomic E-state index is 12.7. The summed E-state index contributed by atoms with van der Waals surface area (Å²) in [6.45, 7) is 4.26. The van der Waals surface area contributed by atoms with Crippen molar-refractivity contribution < 1.29 is 13.2 Å². The Balaban J connectivity index is 1.87. The van der Waals surface area contributed by atoms with Gasteiger partial charge < -0.3 is 5.32 Å². The van der Waals surface area contributed by atoms with E-state index in [2.05, 4.69) is 10.3 Å². The summed E-state index contributed by atoms with van der Waals surface area (Å²) in [5, 5.41) is 2.87. The average molecular weight is 394 g/mol. The number of carbonyl (C=O) groups excluding carboxylic acids is 1. The van der Waals surface area contributed by atoms with Crippen molar-refractivity contribution in [3.63, 3.8) is 0 Å². The Kier molecular flexibility index (Phi) is 6.21. The molecule has 1 heterocycles. The van der Waals surface area contributed by atoms with Crippen LogP contribution in [-0.2, 0) is 23.0 Å². The highest BCUT2D eigenvalue weighted by atomic mass is 32.2. The zero-order chi connectivity index (χ0) is 20.1. The molecule has 1 aromatic heterocycles. The van der Waals surface area contributed by atoms with Gasteiger partial charge in [-0.15, -0.1) is 0 Å². The van der Waals surface area contributed by atoms with Crippen LogP contribution in [0.3, 0.4) is 0 Å². The SMILES string of the molecule is Cc1ccc(-c2cc(C[SH](=O)=O)cc(C(=O)NCc3ccc(C)nc3)c2)cc1. The van der Waals surface area contributed by atoms with Crippen molar-refractivity contribution in [2.45, 2.75) is 26.1 Å². The van der Waals surface area contributed by atoms with E-state index in [0.717, 1.165) is 27.9 Å². The zero-order valence-electron chi connectivity index (χ0n) is 15.8. The predicted octanol–water partition coefficient (Wildman–Crippen LogP) is 3.41. The van der Waals surface area contributed by atoms with E-state index in [1.807, 2.05) is 56.3 Å². The van der Waals surface area contributed by atoms with E-state index in [1.165, 1.54) is 0 Å². The maximum Gasteiger partial charge on any atom is 0.251 e. The summed E-state index contributed by atoms with van der Waals surface area (Å²) < 4.78 is 22.4. The molecule has 1 N–H and O–H groups in total. The fourth-order valence-corrected chi connectivity index (χ4v) is 3.34. The van der Waals surface area contributed by atoms with E-state index in [1.54, 1.807) is 18.3 Å².